The molecule has 3 rings (SSSR count). The Morgan fingerprint density at radius 2 is 1.33 bits per heavy atom. The number of piperidine rings is 1. The lowest BCUT2D eigenvalue weighted by molar-refractivity contribution is 0.114. The second-order valence-electron chi connectivity index (χ2n) is 7.97. The number of benzene rings is 2. The van der Waals surface area contributed by atoms with Crippen molar-refractivity contribution in [3.63, 3.8) is 0 Å². The SMILES string of the molecule is CN1CCC(Oc2ccc(-c3ccc(C(C)(C)C)cc3)cc2)CC1. The molecule has 1 aliphatic rings. The maximum atomic E-state index is 6.13. The Morgan fingerprint density at radius 1 is 0.833 bits per heavy atom. The molecule has 0 amide bonds. The third-order valence-corrected chi connectivity index (χ3v) is 4.91. The zero-order valence-corrected chi connectivity index (χ0v) is 15.4. The van der Waals surface area contributed by atoms with E-state index in [1.807, 2.05) is 0 Å². The topological polar surface area (TPSA) is 12.5 Å². The van der Waals surface area contributed by atoms with Crippen molar-refractivity contribution in [3.05, 3.63) is 54.1 Å². The molecule has 2 aromatic rings. The molecule has 0 radical (unpaired) electrons. The molecule has 0 saturated carbocycles. The quantitative estimate of drug-likeness (QED) is 0.777. The van der Waals surface area contributed by atoms with E-state index in [0.29, 0.717) is 6.10 Å². The molecule has 2 nitrogen and oxygen atoms in total. The lowest BCUT2D eigenvalue weighted by Gasteiger charge is -2.29. The number of hydrogen-bond donors (Lipinski definition) is 0. The second kappa shape index (κ2) is 6.98. The van der Waals surface area contributed by atoms with Crippen molar-refractivity contribution < 1.29 is 4.74 Å². The van der Waals surface area contributed by atoms with E-state index >= 15 is 0 Å². The van der Waals surface area contributed by atoms with E-state index in [1.165, 1.54) is 16.7 Å². The van der Waals surface area contributed by atoms with Crippen molar-refractivity contribution in [2.45, 2.75) is 45.1 Å². The van der Waals surface area contributed by atoms with E-state index in [-0.39, 0.29) is 5.41 Å². The van der Waals surface area contributed by atoms with Crippen LogP contribution < -0.4 is 4.74 Å². The molecule has 0 N–H and O–H groups in total. The summed E-state index contributed by atoms with van der Waals surface area (Å²) < 4.78 is 6.13. The number of nitrogens with zero attached hydrogens (tertiary/aromatic N) is 1. The Balaban J connectivity index is 1.66. The van der Waals surface area contributed by atoms with Gasteiger partial charge in [0.05, 0.1) is 0 Å². The van der Waals surface area contributed by atoms with Gasteiger partial charge in [0.1, 0.15) is 11.9 Å². The molecule has 1 fully saturated rings. The largest absolute Gasteiger partial charge is 0.490 e. The summed E-state index contributed by atoms with van der Waals surface area (Å²) in [5.41, 5.74) is 4.07. The fourth-order valence-electron chi connectivity index (χ4n) is 3.18. The van der Waals surface area contributed by atoms with E-state index < -0.39 is 0 Å². The summed E-state index contributed by atoms with van der Waals surface area (Å²) in [6.07, 6.45) is 2.59. The predicted molar refractivity (Wildman–Crippen MR) is 102 cm³/mol. The molecular formula is C22H29NO. The van der Waals surface area contributed by atoms with Crippen LogP contribution in [0.25, 0.3) is 11.1 Å². The van der Waals surface area contributed by atoms with Gasteiger partial charge < -0.3 is 9.64 Å². The van der Waals surface area contributed by atoms with Crippen LogP contribution in [0.15, 0.2) is 48.5 Å². The van der Waals surface area contributed by atoms with Gasteiger partial charge in [-0.15, -0.1) is 0 Å². The molecule has 1 aliphatic heterocycles. The average molecular weight is 323 g/mol. The molecule has 1 saturated heterocycles. The van der Waals surface area contributed by atoms with Gasteiger partial charge in [0, 0.05) is 13.1 Å². The van der Waals surface area contributed by atoms with Crippen molar-refractivity contribution in [3.8, 4) is 16.9 Å². The Kier molecular flexibility index (Phi) is 4.96. The first-order valence-corrected chi connectivity index (χ1v) is 8.98. The Hall–Kier alpha value is -1.80. The Morgan fingerprint density at radius 3 is 1.83 bits per heavy atom. The van der Waals surface area contributed by atoms with Crippen LogP contribution in [0, 0.1) is 0 Å². The van der Waals surface area contributed by atoms with Gasteiger partial charge in [-0.2, -0.15) is 0 Å². The van der Waals surface area contributed by atoms with Crippen LogP contribution in [-0.4, -0.2) is 31.1 Å². The van der Waals surface area contributed by atoms with Crippen LogP contribution in [0.5, 0.6) is 5.75 Å². The fourth-order valence-corrected chi connectivity index (χ4v) is 3.18. The summed E-state index contributed by atoms with van der Waals surface area (Å²) in [7, 11) is 2.18. The molecule has 128 valence electrons. The van der Waals surface area contributed by atoms with Gasteiger partial charge in [0.25, 0.3) is 0 Å². The van der Waals surface area contributed by atoms with E-state index in [2.05, 4.69) is 81.2 Å². The van der Waals surface area contributed by atoms with Crippen molar-refractivity contribution in [1.82, 2.24) is 4.90 Å². The molecule has 1 heterocycles. The first-order chi connectivity index (χ1) is 11.4. The monoisotopic (exact) mass is 323 g/mol. The third-order valence-electron chi connectivity index (χ3n) is 4.91. The van der Waals surface area contributed by atoms with Gasteiger partial charge in [-0.05, 0) is 54.1 Å². The zero-order valence-electron chi connectivity index (χ0n) is 15.4. The molecule has 0 bridgehead atoms. The molecule has 2 heteroatoms. The minimum Gasteiger partial charge on any atom is -0.490 e. The molecule has 0 spiro atoms. The fraction of sp³-hybridized carbons (Fsp3) is 0.455. The van der Waals surface area contributed by atoms with Gasteiger partial charge in [-0.25, -0.2) is 0 Å². The van der Waals surface area contributed by atoms with Crippen LogP contribution in [-0.2, 0) is 5.41 Å². The molecule has 0 aromatic heterocycles. The van der Waals surface area contributed by atoms with Crippen LogP contribution >= 0.6 is 0 Å². The minimum atomic E-state index is 0.199. The zero-order chi connectivity index (χ0) is 17.2. The number of hydrogen-bond acceptors (Lipinski definition) is 2. The van der Waals surface area contributed by atoms with Crippen LogP contribution in [0.3, 0.4) is 0 Å². The first-order valence-electron chi connectivity index (χ1n) is 8.98. The lowest BCUT2D eigenvalue weighted by atomic mass is 9.86. The standard InChI is InChI=1S/C22H29NO/c1-22(2,3)19-9-5-17(6-10-19)18-7-11-20(12-8-18)24-21-13-15-23(4)16-14-21/h5-12,21H,13-16H2,1-4H3. The summed E-state index contributed by atoms with van der Waals surface area (Å²) in [5, 5.41) is 0. The van der Waals surface area contributed by atoms with Crippen molar-refractivity contribution in [2.75, 3.05) is 20.1 Å². The maximum absolute atomic E-state index is 6.13. The number of likely N-dealkylation sites (tertiary alicyclic amines) is 1. The highest BCUT2D eigenvalue weighted by molar-refractivity contribution is 5.64. The molecule has 24 heavy (non-hydrogen) atoms. The van der Waals surface area contributed by atoms with Crippen molar-refractivity contribution in [2.24, 2.45) is 0 Å². The van der Waals surface area contributed by atoms with Crippen molar-refractivity contribution >= 4 is 0 Å². The third kappa shape index (κ3) is 4.18. The van der Waals surface area contributed by atoms with Crippen LogP contribution in [0.4, 0.5) is 0 Å². The lowest BCUT2D eigenvalue weighted by Crippen LogP contribution is -2.35. The summed E-state index contributed by atoms with van der Waals surface area (Å²) in [6.45, 7) is 9.00. The van der Waals surface area contributed by atoms with Gasteiger partial charge >= 0.3 is 0 Å². The molecule has 0 atom stereocenters. The average Bonchev–Trinajstić information content (AvgIpc) is 2.57. The highest BCUT2D eigenvalue weighted by Crippen LogP contribution is 2.28. The predicted octanol–water partition coefficient (Wildman–Crippen LogP) is 5.12. The molecule has 2 aromatic carbocycles. The van der Waals surface area contributed by atoms with Crippen LogP contribution in [0.2, 0.25) is 0 Å². The van der Waals surface area contributed by atoms with Crippen LogP contribution in [0.1, 0.15) is 39.2 Å². The molecular weight excluding hydrogens is 294 g/mol. The number of ether oxygens (including phenoxy) is 1. The highest BCUT2D eigenvalue weighted by Gasteiger charge is 2.18. The first kappa shape index (κ1) is 17.0. The van der Waals surface area contributed by atoms with Gasteiger partial charge in [0.2, 0.25) is 0 Å². The highest BCUT2D eigenvalue weighted by atomic mass is 16.5. The second-order valence-corrected chi connectivity index (χ2v) is 7.97. The van der Waals surface area contributed by atoms with Gasteiger partial charge in [-0.3, -0.25) is 0 Å². The minimum absolute atomic E-state index is 0.199. The van der Waals surface area contributed by atoms with E-state index in [9.17, 15) is 0 Å². The van der Waals surface area contributed by atoms with E-state index in [4.69, 9.17) is 4.74 Å². The Labute approximate surface area is 146 Å². The van der Waals surface area contributed by atoms with Gasteiger partial charge in [0.15, 0.2) is 0 Å². The summed E-state index contributed by atoms with van der Waals surface area (Å²) in [4.78, 5) is 2.37. The smallest absolute Gasteiger partial charge is 0.119 e. The number of rotatable bonds is 3. The summed E-state index contributed by atoms with van der Waals surface area (Å²) in [5.74, 6) is 0.986. The van der Waals surface area contributed by atoms with E-state index in [0.717, 1.165) is 31.7 Å². The summed E-state index contributed by atoms with van der Waals surface area (Å²) in [6, 6.07) is 17.4. The van der Waals surface area contributed by atoms with Crippen molar-refractivity contribution in [1.29, 1.82) is 0 Å². The molecule has 0 unspecified atom stereocenters. The Bertz CT molecular complexity index is 644. The maximum Gasteiger partial charge on any atom is 0.119 e. The van der Waals surface area contributed by atoms with Gasteiger partial charge in [-0.1, -0.05) is 57.2 Å². The normalized spacial score (nSPS) is 17.0. The summed E-state index contributed by atoms with van der Waals surface area (Å²) >= 11 is 0. The van der Waals surface area contributed by atoms with E-state index in [1.54, 1.807) is 0 Å². The molecule has 0 aliphatic carbocycles.